The summed E-state index contributed by atoms with van der Waals surface area (Å²) < 4.78 is 0. The van der Waals surface area contributed by atoms with E-state index in [0.29, 0.717) is 5.82 Å². The Kier molecular flexibility index (Phi) is 4.30. The molecule has 0 saturated carbocycles. The summed E-state index contributed by atoms with van der Waals surface area (Å²) in [6.45, 7) is 2.89. The second kappa shape index (κ2) is 6.14. The number of carboxylic acids is 1. The van der Waals surface area contributed by atoms with Crippen molar-refractivity contribution >= 4 is 11.8 Å². The molecule has 0 saturated heterocycles. The fourth-order valence-electron chi connectivity index (χ4n) is 1.92. The van der Waals surface area contributed by atoms with Gasteiger partial charge < -0.3 is 10.0 Å². The van der Waals surface area contributed by atoms with E-state index in [-0.39, 0.29) is 5.69 Å². The number of benzene rings is 1. The molecular formula is C15H17N3O2. The molecule has 5 nitrogen and oxygen atoms in total. The summed E-state index contributed by atoms with van der Waals surface area (Å²) in [6.07, 6.45) is 3.68. The highest BCUT2D eigenvalue weighted by Crippen LogP contribution is 2.11. The lowest BCUT2D eigenvalue weighted by Gasteiger charge is -2.18. The van der Waals surface area contributed by atoms with E-state index in [4.69, 9.17) is 5.11 Å². The first-order chi connectivity index (χ1) is 9.58. The number of aromatic nitrogens is 2. The SMILES string of the molecule is Cc1ccccc1CCN(C)c1cnc(C(=O)O)cn1. The van der Waals surface area contributed by atoms with E-state index in [1.54, 1.807) is 0 Å². The predicted molar refractivity (Wildman–Crippen MR) is 77.1 cm³/mol. The molecule has 1 aromatic heterocycles. The molecule has 1 aromatic carbocycles. The van der Waals surface area contributed by atoms with E-state index in [1.165, 1.54) is 23.5 Å². The average molecular weight is 271 g/mol. The number of carbonyl (C=O) groups is 1. The van der Waals surface area contributed by atoms with Crippen LogP contribution in [0.3, 0.4) is 0 Å². The number of carboxylic acid groups (broad SMARTS) is 1. The third-order valence-electron chi connectivity index (χ3n) is 3.23. The van der Waals surface area contributed by atoms with Crippen molar-refractivity contribution in [1.82, 2.24) is 9.97 Å². The molecule has 1 N–H and O–H groups in total. The Labute approximate surface area is 117 Å². The van der Waals surface area contributed by atoms with Gasteiger partial charge in [0, 0.05) is 13.6 Å². The molecule has 1 heterocycles. The van der Waals surface area contributed by atoms with Crippen LogP contribution >= 0.6 is 0 Å². The molecule has 0 amide bonds. The smallest absolute Gasteiger partial charge is 0.356 e. The van der Waals surface area contributed by atoms with Gasteiger partial charge in [0.1, 0.15) is 5.82 Å². The Hall–Kier alpha value is -2.43. The predicted octanol–water partition coefficient (Wildman–Crippen LogP) is 2.16. The highest BCUT2D eigenvalue weighted by molar-refractivity contribution is 5.84. The number of hydrogen-bond donors (Lipinski definition) is 1. The summed E-state index contributed by atoms with van der Waals surface area (Å²) in [5.41, 5.74) is 2.53. The van der Waals surface area contributed by atoms with Crippen LogP contribution in [0, 0.1) is 6.92 Å². The fraction of sp³-hybridized carbons (Fsp3) is 0.267. The summed E-state index contributed by atoms with van der Waals surface area (Å²) in [6, 6.07) is 8.27. The number of likely N-dealkylation sites (N-methyl/N-ethyl adjacent to an activating group) is 1. The van der Waals surface area contributed by atoms with Crippen LogP contribution in [0.4, 0.5) is 5.82 Å². The minimum atomic E-state index is -1.06. The molecule has 0 atom stereocenters. The van der Waals surface area contributed by atoms with E-state index < -0.39 is 5.97 Å². The minimum absolute atomic E-state index is 0.0407. The van der Waals surface area contributed by atoms with Gasteiger partial charge in [-0.1, -0.05) is 24.3 Å². The second-order valence-electron chi connectivity index (χ2n) is 4.66. The number of hydrogen-bond acceptors (Lipinski definition) is 4. The van der Waals surface area contributed by atoms with Gasteiger partial charge in [0.05, 0.1) is 12.4 Å². The first-order valence-electron chi connectivity index (χ1n) is 6.39. The summed E-state index contributed by atoms with van der Waals surface area (Å²) in [7, 11) is 1.92. The lowest BCUT2D eigenvalue weighted by atomic mass is 10.1. The van der Waals surface area contributed by atoms with Gasteiger partial charge in [-0.3, -0.25) is 0 Å². The van der Waals surface area contributed by atoms with Crippen molar-refractivity contribution in [3.05, 3.63) is 53.5 Å². The van der Waals surface area contributed by atoms with Crippen LogP contribution in [0.5, 0.6) is 0 Å². The quantitative estimate of drug-likeness (QED) is 0.902. The average Bonchev–Trinajstić information content (AvgIpc) is 2.46. The molecule has 2 rings (SSSR count). The summed E-state index contributed by atoms with van der Waals surface area (Å²) in [5, 5.41) is 8.78. The lowest BCUT2D eigenvalue weighted by Crippen LogP contribution is -2.22. The maximum atomic E-state index is 10.7. The first-order valence-corrected chi connectivity index (χ1v) is 6.39. The van der Waals surface area contributed by atoms with Crippen molar-refractivity contribution < 1.29 is 9.90 Å². The summed E-state index contributed by atoms with van der Waals surface area (Å²) in [4.78, 5) is 20.7. The third kappa shape index (κ3) is 3.32. The van der Waals surface area contributed by atoms with Crippen molar-refractivity contribution in [2.24, 2.45) is 0 Å². The Morgan fingerprint density at radius 3 is 2.60 bits per heavy atom. The summed E-state index contributed by atoms with van der Waals surface area (Å²) in [5.74, 6) is -0.393. The van der Waals surface area contributed by atoms with E-state index in [1.807, 2.05) is 24.1 Å². The second-order valence-corrected chi connectivity index (χ2v) is 4.66. The summed E-state index contributed by atoms with van der Waals surface area (Å²) >= 11 is 0. The van der Waals surface area contributed by atoms with Gasteiger partial charge in [-0.05, 0) is 24.5 Å². The van der Waals surface area contributed by atoms with E-state index in [0.717, 1.165) is 13.0 Å². The number of aromatic carboxylic acids is 1. The van der Waals surface area contributed by atoms with Crippen LogP contribution in [-0.2, 0) is 6.42 Å². The highest BCUT2D eigenvalue weighted by atomic mass is 16.4. The normalized spacial score (nSPS) is 10.3. The molecule has 0 unspecified atom stereocenters. The molecule has 0 aliphatic heterocycles. The number of nitrogens with zero attached hydrogens (tertiary/aromatic N) is 3. The first kappa shape index (κ1) is 14.0. The van der Waals surface area contributed by atoms with E-state index >= 15 is 0 Å². The van der Waals surface area contributed by atoms with Gasteiger partial charge >= 0.3 is 5.97 Å². The van der Waals surface area contributed by atoms with Crippen molar-refractivity contribution in [1.29, 1.82) is 0 Å². The van der Waals surface area contributed by atoms with Gasteiger partial charge in [-0.25, -0.2) is 14.8 Å². The van der Waals surface area contributed by atoms with Gasteiger partial charge in [0.2, 0.25) is 0 Å². The van der Waals surface area contributed by atoms with Gasteiger partial charge in [-0.15, -0.1) is 0 Å². The Morgan fingerprint density at radius 1 is 1.25 bits per heavy atom. The maximum absolute atomic E-state index is 10.7. The molecule has 0 radical (unpaired) electrons. The molecule has 5 heteroatoms. The maximum Gasteiger partial charge on any atom is 0.356 e. The fourth-order valence-corrected chi connectivity index (χ4v) is 1.92. The van der Waals surface area contributed by atoms with Crippen molar-refractivity contribution in [2.75, 3.05) is 18.5 Å². The molecule has 0 aliphatic rings. The van der Waals surface area contributed by atoms with Crippen LogP contribution in [0.2, 0.25) is 0 Å². The van der Waals surface area contributed by atoms with Crippen LogP contribution in [-0.4, -0.2) is 34.6 Å². The lowest BCUT2D eigenvalue weighted by molar-refractivity contribution is 0.0690. The molecule has 2 aromatic rings. The molecule has 104 valence electrons. The van der Waals surface area contributed by atoms with Crippen LogP contribution in [0.25, 0.3) is 0 Å². The van der Waals surface area contributed by atoms with E-state index in [2.05, 4.69) is 29.0 Å². The zero-order valence-corrected chi connectivity index (χ0v) is 11.6. The van der Waals surface area contributed by atoms with Crippen molar-refractivity contribution in [3.8, 4) is 0 Å². The van der Waals surface area contributed by atoms with Crippen molar-refractivity contribution in [2.45, 2.75) is 13.3 Å². The zero-order chi connectivity index (χ0) is 14.5. The number of anilines is 1. The van der Waals surface area contributed by atoms with Crippen LogP contribution in [0.15, 0.2) is 36.7 Å². The Bertz CT molecular complexity index is 596. The largest absolute Gasteiger partial charge is 0.476 e. The van der Waals surface area contributed by atoms with Crippen LogP contribution in [0.1, 0.15) is 21.6 Å². The standard InChI is InChI=1S/C15H17N3O2/c1-11-5-3-4-6-12(11)7-8-18(2)14-10-16-13(9-17-14)15(19)20/h3-6,9-10H,7-8H2,1-2H3,(H,19,20). The topological polar surface area (TPSA) is 66.3 Å². The number of rotatable bonds is 5. The molecule has 0 spiro atoms. The molecule has 20 heavy (non-hydrogen) atoms. The minimum Gasteiger partial charge on any atom is -0.476 e. The van der Waals surface area contributed by atoms with Crippen LogP contribution < -0.4 is 4.90 Å². The molecule has 0 fully saturated rings. The van der Waals surface area contributed by atoms with Gasteiger partial charge in [0.15, 0.2) is 5.69 Å². The molecular weight excluding hydrogens is 254 g/mol. The zero-order valence-electron chi connectivity index (χ0n) is 11.6. The van der Waals surface area contributed by atoms with Gasteiger partial charge in [-0.2, -0.15) is 0 Å². The van der Waals surface area contributed by atoms with Crippen molar-refractivity contribution in [3.63, 3.8) is 0 Å². The molecule has 0 bridgehead atoms. The monoisotopic (exact) mass is 271 g/mol. The Morgan fingerprint density at radius 2 is 2.00 bits per heavy atom. The van der Waals surface area contributed by atoms with Gasteiger partial charge in [0.25, 0.3) is 0 Å². The van der Waals surface area contributed by atoms with E-state index in [9.17, 15) is 4.79 Å². The Balaban J connectivity index is 2.00. The molecule has 0 aliphatic carbocycles. The number of aryl methyl sites for hydroxylation is 1. The third-order valence-corrected chi connectivity index (χ3v) is 3.23. The highest BCUT2D eigenvalue weighted by Gasteiger charge is 2.08.